The molecule has 4 nitrogen and oxygen atoms in total. The van der Waals surface area contributed by atoms with Crippen molar-refractivity contribution in [3.63, 3.8) is 0 Å². The molecule has 314 valence electrons. The number of fused-ring (bicyclic) bond motifs is 8. The third kappa shape index (κ3) is 7.67. The monoisotopic (exact) mass is 848 g/mol. The molecule has 0 saturated carbocycles. The molecule has 1 aliphatic rings. The van der Waals surface area contributed by atoms with Gasteiger partial charge in [0.1, 0.15) is 0 Å². The van der Waals surface area contributed by atoms with E-state index in [-0.39, 0.29) is 0 Å². The lowest BCUT2D eigenvalue weighted by Gasteiger charge is -2.19. The highest BCUT2D eigenvalue weighted by molar-refractivity contribution is 7.25. The Morgan fingerprint density at radius 1 is 0.547 bits per heavy atom. The van der Waals surface area contributed by atoms with E-state index in [4.69, 9.17) is 15.0 Å². The van der Waals surface area contributed by atoms with Gasteiger partial charge in [0, 0.05) is 47.6 Å². The van der Waals surface area contributed by atoms with Gasteiger partial charge in [-0.05, 0) is 83.7 Å². The van der Waals surface area contributed by atoms with E-state index in [1.165, 1.54) is 64.2 Å². The number of benzene rings is 7. The van der Waals surface area contributed by atoms with Crippen LogP contribution in [0.5, 0.6) is 0 Å². The van der Waals surface area contributed by atoms with Crippen LogP contribution < -0.4 is 0 Å². The largest absolute Gasteiger partial charge is 0.277 e. The third-order valence-corrected chi connectivity index (χ3v) is 13.0. The van der Waals surface area contributed by atoms with Gasteiger partial charge in [-0.2, -0.15) is 9.97 Å². The summed E-state index contributed by atoms with van der Waals surface area (Å²) < 4.78 is 4.95. The Balaban J connectivity index is 0.00000126. The predicted octanol–water partition coefficient (Wildman–Crippen LogP) is 16.7. The van der Waals surface area contributed by atoms with Gasteiger partial charge in [0.15, 0.2) is 11.6 Å². The van der Waals surface area contributed by atoms with Crippen LogP contribution in [-0.4, -0.2) is 19.5 Å². The van der Waals surface area contributed by atoms with Crippen LogP contribution in [0.15, 0.2) is 182 Å². The highest BCUT2D eigenvalue weighted by Gasteiger charge is 2.28. The van der Waals surface area contributed by atoms with Crippen molar-refractivity contribution in [3.8, 4) is 39.9 Å². The molecule has 0 aliphatic heterocycles. The van der Waals surface area contributed by atoms with E-state index in [9.17, 15) is 0 Å². The summed E-state index contributed by atoms with van der Waals surface area (Å²) in [5, 5.41) is 6.17. The molecule has 0 fully saturated rings. The third-order valence-electron chi connectivity index (χ3n) is 11.9. The van der Waals surface area contributed by atoms with Crippen molar-refractivity contribution in [1.29, 1.82) is 0 Å². The second kappa shape index (κ2) is 18.6. The Morgan fingerprint density at radius 2 is 1.16 bits per heavy atom. The van der Waals surface area contributed by atoms with Gasteiger partial charge < -0.3 is 0 Å². The molecular formula is C59H52N4S. The van der Waals surface area contributed by atoms with E-state index < -0.39 is 0 Å². The lowest BCUT2D eigenvalue weighted by atomic mass is 9.90. The molecule has 3 heterocycles. The Morgan fingerprint density at radius 3 is 1.88 bits per heavy atom. The molecule has 0 bridgehead atoms. The van der Waals surface area contributed by atoms with Crippen LogP contribution in [0, 0.1) is 0 Å². The van der Waals surface area contributed by atoms with Crippen molar-refractivity contribution < 1.29 is 0 Å². The standard InChI is InChI=1S/C55H40N4S.2C2H6/c1-3-13-35(4-2)37-22-26-40(27-23-37)53-56-54(41-28-24-38(25-29-41)36-14-6-5-7-15-36)58-55(57-53)59-51-43-17-9-8-16-39(43)30-32-47(51)46-20-12-19-44(52(46)59)42-31-33-50-48(34-42)45-18-10-11-21-49(45)60-50;2*1-2/h3-11,13-19,21-34H,12,20H2,1-2H3;2*1-2H3/b13-3-,35-4+;;. The number of thiophene rings is 1. The first-order chi connectivity index (χ1) is 31.6. The fourth-order valence-electron chi connectivity index (χ4n) is 8.97. The predicted molar refractivity (Wildman–Crippen MR) is 276 cm³/mol. The summed E-state index contributed by atoms with van der Waals surface area (Å²) in [6.45, 7) is 12.1. The van der Waals surface area contributed by atoms with Crippen molar-refractivity contribution in [2.45, 2.75) is 54.4 Å². The molecule has 64 heavy (non-hydrogen) atoms. The van der Waals surface area contributed by atoms with Crippen LogP contribution in [0.1, 0.15) is 70.3 Å². The number of allylic oxidation sites excluding steroid dienone is 5. The van der Waals surface area contributed by atoms with Gasteiger partial charge in [-0.15, -0.1) is 11.3 Å². The van der Waals surface area contributed by atoms with Crippen molar-refractivity contribution in [2.75, 3.05) is 0 Å². The SMILES string of the molecule is C/C=C\C(=C/C)c1ccc(-c2nc(-c3ccc(-c4ccccc4)cc3)nc(-n3c4c(c5ccc6ccccc6c53)CCC=C4c3ccc4sc5ccccc5c4c3)n2)cc1.CC.CC. The quantitative estimate of drug-likeness (QED) is 0.150. The number of aryl methyl sites for hydroxylation is 1. The molecule has 0 spiro atoms. The first-order valence-electron chi connectivity index (χ1n) is 22.6. The fraction of sp³-hybridized carbons (Fsp3) is 0.136. The maximum atomic E-state index is 5.43. The molecule has 0 unspecified atom stereocenters. The zero-order valence-corrected chi connectivity index (χ0v) is 38.2. The van der Waals surface area contributed by atoms with Gasteiger partial charge in [-0.25, -0.2) is 4.98 Å². The molecule has 0 N–H and O–H groups in total. The Hall–Kier alpha value is -7.21. The molecule has 5 heteroatoms. The highest BCUT2D eigenvalue weighted by atomic mass is 32.1. The van der Waals surface area contributed by atoms with Gasteiger partial charge in [-0.3, -0.25) is 4.57 Å². The molecule has 7 aromatic carbocycles. The van der Waals surface area contributed by atoms with Crippen LogP contribution >= 0.6 is 11.3 Å². The minimum absolute atomic E-state index is 0.603. The normalized spacial score (nSPS) is 12.5. The lowest BCUT2D eigenvalue weighted by Crippen LogP contribution is -2.11. The average molecular weight is 849 g/mol. The first-order valence-corrected chi connectivity index (χ1v) is 23.5. The zero-order chi connectivity index (χ0) is 44.2. The van der Waals surface area contributed by atoms with E-state index >= 15 is 0 Å². The highest BCUT2D eigenvalue weighted by Crippen LogP contribution is 2.44. The van der Waals surface area contributed by atoms with Crippen LogP contribution in [0.3, 0.4) is 0 Å². The smallest absolute Gasteiger partial charge is 0.238 e. The Kier molecular flexibility index (Phi) is 12.3. The van der Waals surface area contributed by atoms with Crippen LogP contribution in [-0.2, 0) is 6.42 Å². The number of hydrogen-bond donors (Lipinski definition) is 0. The van der Waals surface area contributed by atoms with Crippen LogP contribution in [0.4, 0.5) is 0 Å². The van der Waals surface area contributed by atoms with Gasteiger partial charge in [0.25, 0.3) is 0 Å². The molecule has 11 rings (SSSR count). The topological polar surface area (TPSA) is 43.6 Å². The van der Waals surface area contributed by atoms with E-state index in [0.717, 1.165) is 46.3 Å². The minimum atomic E-state index is 0.603. The van der Waals surface area contributed by atoms with E-state index in [1.54, 1.807) is 0 Å². The Labute approximate surface area is 380 Å². The van der Waals surface area contributed by atoms with Gasteiger partial charge in [0.2, 0.25) is 5.95 Å². The summed E-state index contributed by atoms with van der Waals surface area (Å²) in [7, 11) is 0. The van der Waals surface area contributed by atoms with Crippen LogP contribution in [0.2, 0.25) is 0 Å². The van der Waals surface area contributed by atoms with E-state index in [1.807, 2.05) is 52.0 Å². The fourth-order valence-corrected chi connectivity index (χ4v) is 10.1. The zero-order valence-electron chi connectivity index (χ0n) is 37.4. The lowest BCUT2D eigenvalue weighted by molar-refractivity contribution is 0.897. The van der Waals surface area contributed by atoms with Gasteiger partial charge >= 0.3 is 0 Å². The number of rotatable bonds is 7. The number of aromatic nitrogens is 4. The molecule has 10 aromatic rings. The van der Waals surface area contributed by atoms with Crippen molar-refractivity contribution in [3.05, 3.63) is 204 Å². The summed E-state index contributed by atoms with van der Waals surface area (Å²) in [6.07, 6.45) is 10.7. The van der Waals surface area contributed by atoms with Crippen molar-refractivity contribution in [2.24, 2.45) is 0 Å². The molecular weight excluding hydrogens is 797 g/mol. The number of hydrogen-bond acceptors (Lipinski definition) is 4. The molecule has 0 amide bonds. The second-order valence-corrected chi connectivity index (χ2v) is 16.4. The van der Waals surface area contributed by atoms with Gasteiger partial charge in [0.05, 0.1) is 11.2 Å². The summed E-state index contributed by atoms with van der Waals surface area (Å²) in [6, 6.07) is 56.6. The van der Waals surface area contributed by atoms with E-state index in [0.29, 0.717) is 17.6 Å². The number of nitrogens with zero attached hydrogens (tertiary/aromatic N) is 4. The minimum Gasteiger partial charge on any atom is -0.277 e. The van der Waals surface area contributed by atoms with E-state index in [2.05, 4.69) is 187 Å². The second-order valence-electron chi connectivity index (χ2n) is 15.4. The molecule has 0 radical (unpaired) electrons. The maximum Gasteiger partial charge on any atom is 0.238 e. The molecule has 0 saturated heterocycles. The summed E-state index contributed by atoms with van der Waals surface area (Å²) in [5.41, 5.74) is 12.5. The average Bonchev–Trinajstić information content (AvgIpc) is 3.93. The summed E-state index contributed by atoms with van der Waals surface area (Å²) in [5.74, 6) is 1.86. The van der Waals surface area contributed by atoms with Crippen molar-refractivity contribution in [1.82, 2.24) is 19.5 Å². The molecule has 1 aliphatic carbocycles. The maximum absolute atomic E-state index is 5.43. The van der Waals surface area contributed by atoms with Crippen LogP contribution in [0.25, 0.3) is 92.8 Å². The Bertz CT molecular complexity index is 3370. The molecule has 3 aromatic heterocycles. The molecule has 0 atom stereocenters. The summed E-state index contributed by atoms with van der Waals surface area (Å²) >= 11 is 1.85. The first kappa shape index (κ1) is 42.1. The van der Waals surface area contributed by atoms with Gasteiger partial charge in [-0.1, -0.05) is 192 Å². The summed E-state index contributed by atoms with van der Waals surface area (Å²) in [4.78, 5) is 16.1. The van der Waals surface area contributed by atoms with Crippen molar-refractivity contribution >= 4 is 64.3 Å².